The number of carbonyl (C=O) groups is 3. The molecule has 0 aromatic heterocycles. The highest BCUT2D eigenvalue weighted by molar-refractivity contribution is 5.99. The number of unbranched alkanes of at least 4 members (excludes halogenated alkanes) is 5. The number of halogens is 1. The van der Waals surface area contributed by atoms with Crippen LogP contribution < -0.4 is 4.74 Å². The van der Waals surface area contributed by atoms with E-state index in [1.165, 1.54) is 30.3 Å². The number of rotatable bonds is 15. The second kappa shape index (κ2) is 15.0. The molecule has 0 fully saturated rings. The number of aromatic carboxylic acids is 1. The summed E-state index contributed by atoms with van der Waals surface area (Å²) in [6.07, 6.45) is 5.48. The fourth-order valence-corrected chi connectivity index (χ4v) is 3.98. The molecule has 0 aliphatic carbocycles. The van der Waals surface area contributed by atoms with E-state index in [2.05, 4.69) is 6.92 Å². The van der Waals surface area contributed by atoms with Crippen LogP contribution in [0.5, 0.6) is 5.75 Å². The Bertz CT molecular complexity index is 1000. The molecule has 0 radical (unpaired) electrons. The normalized spacial score (nSPS) is 12.6. The Morgan fingerprint density at radius 2 is 1.56 bits per heavy atom. The van der Waals surface area contributed by atoms with Gasteiger partial charge >= 0.3 is 17.9 Å². The monoisotopic (exact) mass is 500 g/mol. The zero-order valence-electron chi connectivity index (χ0n) is 21.4. The van der Waals surface area contributed by atoms with Crippen LogP contribution in [0.1, 0.15) is 99.3 Å². The molecular formula is C29H37FO6. The molecule has 0 saturated heterocycles. The van der Waals surface area contributed by atoms with E-state index in [-0.39, 0.29) is 29.4 Å². The van der Waals surface area contributed by atoms with E-state index in [4.69, 9.17) is 9.47 Å². The van der Waals surface area contributed by atoms with Crippen LogP contribution >= 0.6 is 0 Å². The molecule has 7 heteroatoms. The second-order valence-electron chi connectivity index (χ2n) is 9.01. The van der Waals surface area contributed by atoms with Crippen LogP contribution in [0.3, 0.4) is 0 Å². The number of alkyl halides is 1. The van der Waals surface area contributed by atoms with Gasteiger partial charge < -0.3 is 14.6 Å². The van der Waals surface area contributed by atoms with Crippen molar-refractivity contribution in [3.8, 4) is 16.9 Å². The summed E-state index contributed by atoms with van der Waals surface area (Å²) in [4.78, 5) is 36.7. The van der Waals surface area contributed by atoms with Crippen molar-refractivity contribution < 1.29 is 33.4 Å². The van der Waals surface area contributed by atoms with Gasteiger partial charge in [-0.05, 0) is 56.0 Å². The van der Waals surface area contributed by atoms with Crippen molar-refractivity contribution in [3.63, 3.8) is 0 Å². The van der Waals surface area contributed by atoms with Gasteiger partial charge in [0.1, 0.15) is 5.75 Å². The minimum atomic E-state index is -1.79. The van der Waals surface area contributed by atoms with Gasteiger partial charge in [-0.3, -0.25) is 0 Å². The summed E-state index contributed by atoms with van der Waals surface area (Å²) in [5, 5.41) is 9.70. The van der Waals surface area contributed by atoms with Crippen LogP contribution in [0.2, 0.25) is 0 Å². The number of hydrogen-bond acceptors (Lipinski definition) is 5. The lowest BCUT2D eigenvalue weighted by Gasteiger charge is -2.15. The molecule has 2 unspecified atom stereocenters. The number of ether oxygens (including phenoxy) is 2. The molecule has 2 atom stereocenters. The molecule has 6 nitrogen and oxygen atoms in total. The number of carboxylic acid groups (broad SMARTS) is 1. The van der Waals surface area contributed by atoms with E-state index >= 15 is 0 Å². The van der Waals surface area contributed by atoms with Gasteiger partial charge in [0.05, 0.1) is 17.2 Å². The van der Waals surface area contributed by atoms with Crippen molar-refractivity contribution in [1.82, 2.24) is 0 Å². The highest BCUT2D eigenvalue weighted by atomic mass is 19.1. The predicted octanol–water partition coefficient (Wildman–Crippen LogP) is 7.39. The Hall–Kier alpha value is -3.22. The van der Waals surface area contributed by atoms with Gasteiger partial charge in [-0.1, -0.05) is 70.6 Å². The molecule has 2 rings (SSSR count). The van der Waals surface area contributed by atoms with Crippen LogP contribution in [0, 0.1) is 0 Å². The van der Waals surface area contributed by atoms with Gasteiger partial charge in [-0.2, -0.15) is 0 Å². The third kappa shape index (κ3) is 8.77. The first kappa shape index (κ1) is 29.0. The maximum absolute atomic E-state index is 14.5. The number of hydrogen-bond donors (Lipinski definition) is 1. The average molecular weight is 501 g/mol. The summed E-state index contributed by atoms with van der Waals surface area (Å²) >= 11 is 0. The first-order valence-electron chi connectivity index (χ1n) is 12.8. The van der Waals surface area contributed by atoms with E-state index < -0.39 is 24.1 Å². The molecular weight excluding hydrogens is 463 g/mol. The zero-order chi connectivity index (χ0) is 26.5. The Balaban J connectivity index is 2.17. The van der Waals surface area contributed by atoms with Crippen LogP contribution in [-0.4, -0.2) is 35.3 Å². The van der Waals surface area contributed by atoms with Crippen LogP contribution in [0.4, 0.5) is 4.39 Å². The third-order valence-electron chi connectivity index (χ3n) is 5.95. The molecule has 0 bridgehead atoms. The number of carbonyl (C=O) groups excluding carboxylic acids is 2. The van der Waals surface area contributed by atoms with Gasteiger partial charge in [0.25, 0.3) is 0 Å². The van der Waals surface area contributed by atoms with Gasteiger partial charge in [0, 0.05) is 5.56 Å². The van der Waals surface area contributed by atoms with E-state index in [0.717, 1.165) is 44.9 Å². The average Bonchev–Trinajstić information content (AvgIpc) is 2.86. The molecule has 196 valence electrons. The molecule has 36 heavy (non-hydrogen) atoms. The SMILES string of the molecule is CCCCCCCCC(F)C(=O)Oc1cccc(C(=O)O)c1-c1ccc(C(=O)OC(C)CCC)cc1. The lowest BCUT2D eigenvalue weighted by Crippen LogP contribution is -2.22. The van der Waals surface area contributed by atoms with E-state index in [9.17, 15) is 23.9 Å². The van der Waals surface area contributed by atoms with Crippen LogP contribution in [0.25, 0.3) is 11.1 Å². The fraction of sp³-hybridized carbons (Fsp3) is 0.483. The quantitative estimate of drug-likeness (QED) is 0.156. The van der Waals surface area contributed by atoms with Crippen molar-refractivity contribution in [1.29, 1.82) is 0 Å². The summed E-state index contributed by atoms with van der Waals surface area (Å²) in [7, 11) is 0. The van der Waals surface area contributed by atoms with E-state index in [1.807, 2.05) is 13.8 Å². The highest BCUT2D eigenvalue weighted by Crippen LogP contribution is 2.34. The lowest BCUT2D eigenvalue weighted by atomic mass is 9.97. The summed E-state index contributed by atoms with van der Waals surface area (Å²) in [6, 6.07) is 10.4. The largest absolute Gasteiger partial charge is 0.478 e. The Labute approximate surface area is 212 Å². The summed E-state index contributed by atoms with van der Waals surface area (Å²) in [6.45, 7) is 5.95. The van der Waals surface area contributed by atoms with Gasteiger partial charge in [-0.25, -0.2) is 18.8 Å². The first-order chi connectivity index (χ1) is 17.3. The second-order valence-corrected chi connectivity index (χ2v) is 9.01. The summed E-state index contributed by atoms with van der Waals surface area (Å²) in [5.41, 5.74) is 0.777. The van der Waals surface area contributed by atoms with Crippen molar-refractivity contribution in [2.24, 2.45) is 0 Å². The van der Waals surface area contributed by atoms with Crippen LogP contribution in [0.15, 0.2) is 42.5 Å². The van der Waals surface area contributed by atoms with Gasteiger partial charge in [0.15, 0.2) is 6.17 Å². The van der Waals surface area contributed by atoms with E-state index in [0.29, 0.717) is 17.5 Å². The van der Waals surface area contributed by atoms with Crippen molar-refractivity contribution >= 4 is 17.9 Å². The van der Waals surface area contributed by atoms with Crippen molar-refractivity contribution in [2.45, 2.75) is 90.8 Å². The maximum Gasteiger partial charge on any atom is 0.346 e. The highest BCUT2D eigenvalue weighted by Gasteiger charge is 2.24. The molecule has 2 aromatic carbocycles. The Kier molecular flexibility index (Phi) is 12.1. The third-order valence-corrected chi connectivity index (χ3v) is 5.95. The molecule has 0 aliphatic rings. The molecule has 0 saturated carbocycles. The van der Waals surface area contributed by atoms with Crippen molar-refractivity contribution in [2.75, 3.05) is 0 Å². The minimum absolute atomic E-state index is 0.0441. The Morgan fingerprint density at radius 1 is 0.889 bits per heavy atom. The van der Waals surface area contributed by atoms with Gasteiger partial charge in [-0.15, -0.1) is 0 Å². The predicted molar refractivity (Wildman–Crippen MR) is 137 cm³/mol. The van der Waals surface area contributed by atoms with Crippen molar-refractivity contribution in [3.05, 3.63) is 53.6 Å². The topological polar surface area (TPSA) is 89.9 Å². The van der Waals surface area contributed by atoms with E-state index in [1.54, 1.807) is 12.1 Å². The standard InChI is InChI=1S/C29H37FO6/c1-4-6-7-8-9-10-14-24(30)29(34)36-25-15-11-13-23(27(31)32)26(25)21-16-18-22(19-17-21)28(33)35-20(3)12-5-2/h11,13,15-20,24H,4-10,12,14H2,1-3H3,(H,31,32). The van der Waals surface area contributed by atoms with Crippen LogP contribution in [-0.2, 0) is 9.53 Å². The smallest absolute Gasteiger partial charge is 0.346 e. The number of benzene rings is 2. The number of esters is 2. The number of carboxylic acids is 1. The molecule has 0 spiro atoms. The molecule has 1 N–H and O–H groups in total. The lowest BCUT2D eigenvalue weighted by molar-refractivity contribution is -0.140. The maximum atomic E-state index is 14.5. The summed E-state index contributed by atoms with van der Waals surface area (Å²) in [5.74, 6) is -2.78. The molecule has 2 aromatic rings. The fourth-order valence-electron chi connectivity index (χ4n) is 3.98. The minimum Gasteiger partial charge on any atom is -0.478 e. The molecule has 0 amide bonds. The molecule has 0 aliphatic heterocycles. The first-order valence-corrected chi connectivity index (χ1v) is 12.8. The summed E-state index contributed by atoms with van der Waals surface area (Å²) < 4.78 is 25.2. The molecule has 0 heterocycles. The Morgan fingerprint density at radius 3 is 2.19 bits per heavy atom. The zero-order valence-corrected chi connectivity index (χ0v) is 21.4. The van der Waals surface area contributed by atoms with Gasteiger partial charge in [0.2, 0.25) is 0 Å².